The number of allylic oxidation sites excluding steroid dienone is 1. The summed E-state index contributed by atoms with van der Waals surface area (Å²) < 4.78 is 5.76. The Morgan fingerprint density at radius 3 is 2.37 bits per heavy atom. The molecule has 8 rings (SSSR count). The number of imidazole rings is 1. The van der Waals surface area contributed by atoms with Crippen molar-refractivity contribution in [3.8, 4) is 11.3 Å². The minimum Gasteiger partial charge on any atom is -0.463 e. The number of nitrogens with one attached hydrogen (secondary N) is 1. The number of hydrogen-bond acceptors (Lipinski definition) is 5. The van der Waals surface area contributed by atoms with Crippen molar-refractivity contribution in [2.75, 3.05) is 6.54 Å². The first kappa shape index (κ1) is 35.1. The Labute approximate surface area is 306 Å². The van der Waals surface area contributed by atoms with Gasteiger partial charge < -0.3 is 14.6 Å². The van der Waals surface area contributed by atoms with Gasteiger partial charge in [-0.25, -0.2) is 4.98 Å². The molecule has 0 aromatic carbocycles. The zero-order valence-corrected chi connectivity index (χ0v) is 32.3. The molecule has 1 saturated heterocycles. The smallest absolute Gasteiger partial charge is 0.302 e. The van der Waals surface area contributed by atoms with Crippen LogP contribution in [0.4, 0.5) is 0 Å². The predicted molar refractivity (Wildman–Crippen MR) is 200 cm³/mol. The lowest BCUT2D eigenvalue weighted by Crippen LogP contribution is -2.73. The maximum absolute atomic E-state index is 16.0. The number of hydrogen-bond donors (Lipinski definition) is 1. The second kappa shape index (κ2) is 12.3. The zero-order valence-electron chi connectivity index (χ0n) is 32.3. The van der Waals surface area contributed by atoms with Crippen LogP contribution >= 0.6 is 0 Å². The van der Waals surface area contributed by atoms with Crippen molar-refractivity contribution in [3.63, 3.8) is 0 Å². The Hall–Kier alpha value is -2.96. The molecule has 1 N–H and O–H groups in total. The fraction of sp³-hybridized carbons (Fsp3) is 0.727. The van der Waals surface area contributed by atoms with Gasteiger partial charge in [0.25, 0.3) is 0 Å². The van der Waals surface area contributed by atoms with Gasteiger partial charge in [-0.2, -0.15) is 0 Å². The standard InChI is InChI=1S/C44H62N4O3/c1-26(2)34-17-20-44(40(50)48-23-9-10-37(48)39-46-25-36(47-39)28-18-21-45-22-19-28)42(6,7)41(4,5)38-33-13-11-29-24-30(51-27(3)49)12-14-31(29)32(33)15-16-35(38)43(34,44)8/h18-19,21-22,25,29-35,37-38H,1,9-17,20,23-24H2,2-8H3,(H,46,47). The number of amides is 1. The minimum absolute atomic E-state index is 0.0314. The number of aromatic nitrogens is 3. The largest absolute Gasteiger partial charge is 0.463 e. The molecule has 7 nitrogen and oxygen atoms in total. The Morgan fingerprint density at radius 1 is 0.922 bits per heavy atom. The summed E-state index contributed by atoms with van der Waals surface area (Å²) in [5.41, 5.74) is 2.37. The molecule has 1 aliphatic heterocycles. The van der Waals surface area contributed by atoms with E-state index in [0.29, 0.717) is 35.5 Å². The monoisotopic (exact) mass is 694 g/mol. The van der Waals surface area contributed by atoms with Crippen molar-refractivity contribution in [3.05, 3.63) is 48.7 Å². The number of carbonyl (C=O) groups is 2. The summed E-state index contributed by atoms with van der Waals surface area (Å²) in [5, 5.41) is 0. The number of rotatable bonds is 5. The summed E-state index contributed by atoms with van der Waals surface area (Å²) in [5.74, 6) is 5.33. The molecule has 11 unspecified atom stereocenters. The van der Waals surface area contributed by atoms with Gasteiger partial charge in [0.1, 0.15) is 11.9 Å². The summed E-state index contributed by atoms with van der Waals surface area (Å²) in [6.45, 7) is 22.0. The topological polar surface area (TPSA) is 88.2 Å². The number of pyridine rings is 1. The number of esters is 1. The molecule has 276 valence electrons. The second-order valence-corrected chi connectivity index (χ2v) is 19.1. The maximum atomic E-state index is 16.0. The van der Waals surface area contributed by atoms with Crippen LogP contribution in [0.2, 0.25) is 0 Å². The minimum atomic E-state index is -0.497. The lowest BCUT2D eigenvalue weighted by molar-refractivity contribution is -0.262. The summed E-state index contributed by atoms with van der Waals surface area (Å²) in [6, 6.07) is 3.97. The van der Waals surface area contributed by atoms with Crippen LogP contribution in [0, 0.1) is 63.1 Å². The van der Waals surface area contributed by atoms with Gasteiger partial charge in [0, 0.05) is 31.4 Å². The number of likely N-dealkylation sites (tertiary alicyclic amines) is 1. The van der Waals surface area contributed by atoms with Gasteiger partial charge in [0.2, 0.25) is 5.91 Å². The van der Waals surface area contributed by atoms with Crippen LogP contribution in [0.25, 0.3) is 11.3 Å². The van der Waals surface area contributed by atoms with Crippen LogP contribution in [0.3, 0.4) is 0 Å². The van der Waals surface area contributed by atoms with Gasteiger partial charge in [-0.05, 0) is 147 Å². The van der Waals surface area contributed by atoms with Gasteiger partial charge >= 0.3 is 5.97 Å². The molecule has 3 heterocycles. The van der Waals surface area contributed by atoms with Gasteiger partial charge in [-0.1, -0.05) is 46.8 Å². The molecule has 1 amide bonds. The molecule has 2 aromatic rings. The van der Waals surface area contributed by atoms with Crippen molar-refractivity contribution in [1.82, 2.24) is 19.9 Å². The van der Waals surface area contributed by atoms with E-state index in [1.54, 1.807) is 6.92 Å². The Bertz CT molecular complexity index is 1680. The van der Waals surface area contributed by atoms with E-state index < -0.39 is 5.41 Å². The summed E-state index contributed by atoms with van der Waals surface area (Å²) in [6.07, 6.45) is 17.8. The third-order valence-electron chi connectivity index (χ3n) is 17.1. The van der Waals surface area contributed by atoms with Crippen molar-refractivity contribution < 1.29 is 14.3 Å². The average molecular weight is 695 g/mol. The van der Waals surface area contributed by atoms with E-state index in [2.05, 4.69) is 63.0 Å². The highest BCUT2D eigenvalue weighted by molar-refractivity contribution is 5.86. The van der Waals surface area contributed by atoms with Crippen LogP contribution in [0.15, 0.2) is 42.9 Å². The van der Waals surface area contributed by atoms with Crippen molar-refractivity contribution in [2.24, 2.45) is 63.1 Å². The number of fused-ring (bicyclic) bond motifs is 7. The number of carbonyl (C=O) groups excluding carboxylic acids is 2. The fourth-order valence-electron chi connectivity index (χ4n) is 14.7. The highest BCUT2D eigenvalue weighted by Crippen LogP contribution is 2.81. The zero-order chi connectivity index (χ0) is 36.1. The lowest BCUT2D eigenvalue weighted by atomic mass is 9.30. The molecule has 6 aliphatic rings. The van der Waals surface area contributed by atoms with Crippen LogP contribution in [0.1, 0.15) is 131 Å². The molecule has 5 aliphatic carbocycles. The van der Waals surface area contributed by atoms with Gasteiger partial charge in [0.15, 0.2) is 0 Å². The quantitative estimate of drug-likeness (QED) is 0.249. The molecule has 2 aromatic heterocycles. The highest BCUT2D eigenvalue weighted by Gasteiger charge is 2.79. The number of ether oxygens (including phenoxy) is 1. The number of nitrogens with zero attached hydrogens (tertiary/aromatic N) is 3. The Balaban J connectivity index is 1.16. The second-order valence-electron chi connectivity index (χ2n) is 19.1. The maximum Gasteiger partial charge on any atom is 0.302 e. The molecule has 0 spiro atoms. The van der Waals surface area contributed by atoms with E-state index in [1.165, 1.54) is 37.7 Å². The average Bonchev–Trinajstić information content (AvgIpc) is 3.85. The van der Waals surface area contributed by atoms with Crippen LogP contribution in [0.5, 0.6) is 0 Å². The Morgan fingerprint density at radius 2 is 1.65 bits per heavy atom. The van der Waals surface area contributed by atoms with Crippen LogP contribution in [-0.2, 0) is 14.3 Å². The summed E-state index contributed by atoms with van der Waals surface area (Å²) >= 11 is 0. The fourth-order valence-corrected chi connectivity index (χ4v) is 14.7. The molecular formula is C44H62N4O3. The highest BCUT2D eigenvalue weighted by atomic mass is 16.5. The third kappa shape index (κ3) is 4.87. The summed E-state index contributed by atoms with van der Waals surface area (Å²) in [7, 11) is 0. The summed E-state index contributed by atoms with van der Waals surface area (Å²) in [4.78, 5) is 42.8. The van der Waals surface area contributed by atoms with E-state index in [4.69, 9.17) is 9.72 Å². The van der Waals surface area contributed by atoms with Crippen LogP contribution in [-0.4, -0.2) is 44.4 Å². The first-order valence-electron chi connectivity index (χ1n) is 20.3. The van der Waals surface area contributed by atoms with E-state index in [-0.39, 0.29) is 34.4 Å². The molecule has 51 heavy (non-hydrogen) atoms. The number of aromatic amines is 1. The Kier molecular flexibility index (Phi) is 8.46. The first-order valence-corrected chi connectivity index (χ1v) is 20.3. The molecule has 0 bridgehead atoms. The number of H-pyrrole nitrogens is 1. The van der Waals surface area contributed by atoms with Gasteiger partial charge in [-0.15, -0.1) is 0 Å². The molecular weight excluding hydrogens is 633 g/mol. The predicted octanol–water partition coefficient (Wildman–Crippen LogP) is 9.58. The van der Waals surface area contributed by atoms with Gasteiger partial charge in [0.05, 0.1) is 23.3 Å². The van der Waals surface area contributed by atoms with Gasteiger partial charge in [-0.3, -0.25) is 14.6 Å². The van der Waals surface area contributed by atoms with Crippen LogP contribution < -0.4 is 0 Å². The van der Waals surface area contributed by atoms with E-state index in [1.807, 2.05) is 30.7 Å². The van der Waals surface area contributed by atoms with E-state index in [0.717, 1.165) is 74.0 Å². The molecule has 11 atom stereocenters. The molecule has 7 heteroatoms. The lowest BCUT2D eigenvalue weighted by Gasteiger charge is -2.74. The molecule has 5 saturated carbocycles. The normalized spacial score (nSPS) is 40.8. The van der Waals surface area contributed by atoms with Crippen molar-refractivity contribution >= 4 is 11.9 Å². The third-order valence-corrected chi connectivity index (χ3v) is 17.1. The van der Waals surface area contributed by atoms with E-state index >= 15 is 4.79 Å². The SMILES string of the molecule is C=C(C)C1CCC2(C(=O)N3CCCC3c3ncc(-c4ccncc4)[nH]3)C1(C)C1CCC3C4CCC(OC(C)=O)CC4CCC3C1C(C)(C)C2(C)C. The van der Waals surface area contributed by atoms with E-state index in [9.17, 15) is 4.79 Å². The first-order chi connectivity index (χ1) is 24.2. The molecule has 6 fully saturated rings. The molecule has 0 radical (unpaired) electrons. The van der Waals surface area contributed by atoms with Crippen molar-refractivity contribution in [2.45, 2.75) is 131 Å². The van der Waals surface area contributed by atoms with Crippen molar-refractivity contribution in [1.29, 1.82) is 0 Å².